The SMILES string of the molecule is CNCC12CC(CCCCCF)(C1)C2. The molecule has 3 saturated carbocycles. The smallest absolute Gasteiger partial charge is 0.0894 e. The van der Waals surface area contributed by atoms with Crippen molar-refractivity contribution < 1.29 is 4.39 Å². The minimum Gasteiger partial charge on any atom is -0.319 e. The van der Waals surface area contributed by atoms with Gasteiger partial charge in [0.25, 0.3) is 0 Å². The Labute approximate surface area is 86.5 Å². The second-order valence-electron chi connectivity index (χ2n) is 5.56. The molecular formula is C12H22FN. The molecule has 0 radical (unpaired) electrons. The molecule has 0 aliphatic heterocycles. The first-order valence-corrected chi connectivity index (χ1v) is 5.95. The highest BCUT2D eigenvalue weighted by Gasteiger charge is 2.65. The van der Waals surface area contributed by atoms with Crippen LogP contribution in [0.1, 0.15) is 44.9 Å². The van der Waals surface area contributed by atoms with Crippen LogP contribution < -0.4 is 5.32 Å². The van der Waals surface area contributed by atoms with E-state index in [1.54, 1.807) is 0 Å². The van der Waals surface area contributed by atoms with Crippen LogP contribution in [0.3, 0.4) is 0 Å². The topological polar surface area (TPSA) is 12.0 Å². The Balaban J connectivity index is 1.59. The number of alkyl halides is 1. The zero-order valence-corrected chi connectivity index (χ0v) is 9.24. The lowest BCUT2D eigenvalue weighted by Gasteiger charge is -2.71. The Kier molecular flexibility index (Phi) is 2.83. The normalized spacial score (nSPS) is 39.0. The molecule has 0 aromatic rings. The first-order valence-electron chi connectivity index (χ1n) is 5.95. The van der Waals surface area contributed by atoms with Crippen LogP contribution in [0, 0.1) is 10.8 Å². The molecule has 0 unspecified atom stereocenters. The summed E-state index contributed by atoms with van der Waals surface area (Å²) in [5.41, 5.74) is 1.40. The predicted octanol–water partition coefficient (Wildman–Crippen LogP) is 2.91. The van der Waals surface area contributed by atoms with Crippen LogP contribution in [-0.4, -0.2) is 20.3 Å². The third kappa shape index (κ3) is 1.69. The number of hydrogen-bond acceptors (Lipinski definition) is 1. The molecule has 3 fully saturated rings. The molecular weight excluding hydrogens is 177 g/mol. The molecule has 0 amide bonds. The van der Waals surface area contributed by atoms with Gasteiger partial charge in [-0.15, -0.1) is 0 Å². The molecule has 0 atom stereocenters. The Hall–Kier alpha value is -0.110. The van der Waals surface area contributed by atoms with E-state index in [0.29, 0.717) is 10.8 Å². The molecule has 0 spiro atoms. The highest BCUT2D eigenvalue weighted by molar-refractivity contribution is 5.17. The van der Waals surface area contributed by atoms with E-state index in [1.165, 1.54) is 38.6 Å². The van der Waals surface area contributed by atoms with Gasteiger partial charge in [0.1, 0.15) is 0 Å². The van der Waals surface area contributed by atoms with Gasteiger partial charge in [-0.05, 0) is 50.0 Å². The first-order chi connectivity index (χ1) is 6.74. The fourth-order valence-electron chi connectivity index (χ4n) is 3.83. The zero-order chi connectivity index (χ0) is 10.1. The molecule has 0 aromatic carbocycles. The molecule has 3 aliphatic carbocycles. The zero-order valence-electron chi connectivity index (χ0n) is 9.24. The monoisotopic (exact) mass is 199 g/mol. The third-order valence-electron chi connectivity index (χ3n) is 4.14. The van der Waals surface area contributed by atoms with Crippen LogP contribution in [0.25, 0.3) is 0 Å². The van der Waals surface area contributed by atoms with E-state index in [1.807, 2.05) is 7.05 Å². The molecule has 2 bridgehead atoms. The summed E-state index contributed by atoms with van der Waals surface area (Å²) in [4.78, 5) is 0. The molecule has 2 heteroatoms. The van der Waals surface area contributed by atoms with Crippen molar-refractivity contribution in [1.29, 1.82) is 0 Å². The van der Waals surface area contributed by atoms with Crippen molar-refractivity contribution in [1.82, 2.24) is 5.32 Å². The number of rotatable bonds is 7. The van der Waals surface area contributed by atoms with E-state index in [0.717, 1.165) is 12.8 Å². The fraction of sp³-hybridized carbons (Fsp3) is 1.00. The van der Waals surface area contributed by atoms with Gasteiger partial charge in [0, 0.05) is 6.54 Å². The molecule has 0 saturated heterocycles. The van der Waals surface area contributed by atoms with Crippen molar-refractivity contribution in [3.8, 4) is 0 Å². The number of unbranched alkanes of at least 4 members (excludes halogenated alkanes) is 2. The maximum atomic E-state index is 11.9. The Morgan fingerprint density at radius 2 is 1.79 bits per heavy atom. The van der Waals surface area contributed by atoms with Gasteiger partial charge < -0.3 is 5.32 Å². The lowest BCUT2D eigenvalue weighted by Crippen LogP contribution is -2.64. The summed E-state index contributed by atoms with van der Waals surface area (Å²) >= 11 is 0. The van der Waals surface area contributed by atoms with E-state index < -0.39 is 0 Å². The number of hydrogen-bond donors (Lipinski definition) is 1. The second-order valence-corrected chi connectivity index (χ2v) is 5.56. The average Bonchev–Trinajstić information content (AvgIpc) is 2.05. The standard InChI is InChI=1S/C12H22FN/c1-14-10-12-7-11(8-12,9-12)5-3-2-4-6-13/h14H,2-10H2,1H3. The van der Waals surface area contributed by atoms with Gasteiger partial charge in [0.2, 0.25) is 0 Å². The summed E-state index contributed by atoms with van der Waals surface area (Å²) in [5.74, 6) is 0. The van der Waals surface area contributed by atoms with Crippen LogP contribution in [-0.2, 0) is 0 Å². The van der Waals surface area contributed by atoms with Gasteiger partial charge in [-0.3, -0.25) is 4.39 Å². The quantitative estimate of drug-likeness (QED) is 0.622. The van der Waals surface area contributed by atoms with Crippen molar-refractivity contribution in [3.05, 3.63) is 0 Å². The molecule has 82 valence electrons. The van der Waals surface area contributed by atoms with Gasteiger partial charge in [0.05, 0.1) is 6.67 Å². The molecule has 1 nitrogen and oxygen atoms in total. The van der Waals surface area contributed by atoms with Gasteiger partial charge in [0.15, 0.2) is 0 Å². The minimum absolute atomic E-state index is 0.128. The van der Waals surface area contributed by atoms with Gasteiger partial charge in [-0.25, -0.2) is 0 Å². The predicted molar refractivity (Wildman–Crippen MR) is 57.1 cm³/mol. The van der Waals surface area contributed by atoms with E-state index in [9.17, 15) is 4.39 Å². The van der Waals surface area contributed by atoms with Crippen molar-refractivity contribution in [3.63, 3.8) is 0 Å². The van der Waals surface area contributed by atoms with Crippen molar-refractivity contribution >= 4 is 0 Å². The largest absolute Gasteiger partial charge is 0.319 e. The van der Waals surface area contributed by atoms with Gasteiger partial charge >= 0.3 is 0 Å². The molecule has 0 aromatic heterocycles. The maximum Gasteiger partial charge on any atom is 0.0894 e. The summed E-state index contributed by atoms with van der Waals surface area (Å²) < 4.78 is 11.9. The van der Waals surface area contributed by atoms with Crippen LogP contribution >= 0.6 is 0 Å². The summed E-state index contributed by atoms with van der Waals surface area (Å²) in [6, 6.07) is 0. The molecule has 3 rings (SSSR count). The number of halogens is 1. The first kappa shape index (κ1) is 10.4. The Morgan fingerprint density at radius 3 is 2.36 bits per heavy atom. The van der Waals surface area contributed by atoms with Crippen LogP contribution in [0.4, 0.5) is 4.39 Å². The van der Waals surface area contributed by atoms with Crippen molar-refractivity contribution in [2.75, 3.05) is 20.3 Å². The second kappa shape index (κ2) is 3.80. The van der Waals surface area contributed by atoms with Crippen LogP contribution in [0.15, 0.2) is 0 Å². The molecule has 0 heterocycles. The summed E-state index contributed by atoms with van der Waals surface area (Å²) in [7, 11) is 2.05. The lowest BCUT2D eigenvalue weighted by molar-refractivity contribution is -0.204. The number of nitrogens with one attached hydrogen (secondary N) is 1. The maximum absolute atomic E-state index is 11.9. The molecule has 3 aliphatic rings. The third-order valence-corrected chi connectivity index (χ3v) is 4.14. The molecule has 1 N–H and O–H groups in total. The highest BCUT2D eigenvalue weighted by atomic mass is 19.1. The van der Waals surface area contributed by atoms with E-state index >= 15 is 0 Å². The van der Waals surface area contributed by atoms with E-state index in [2.05, 4.69) is 5.32 Å². The summed E-state index contributed by atoms with van der Waals surface area (Å²) in [6.45, 7) is 1.08. The van der Waals surface area contributed by atoms with Crippen LogP contribution in [0.2, 0.25) is 0 Å². The van der Waals surface area contributed by atoms with E-state index in [4.69, 9.17) is 0 Å². The fourth-order valence-corrected chi connectivity index (χ4v) is 3.83. The van der Waals surface area contributed by atoms with Crippen LogP contribution in [0.5, 0.6) is 0 Å². The van der Waals surface area contributed by atoms with E-state index in [-0.39, 0.29) is 6.67 Å². The molecule has 14 heavy (non-hydrogen) atoms. The van der Waals surface area contributed by atoms with Crippen molar-refractivity contribution in [2.24, 2.45) is 10.8 Å². The highest BCUT2D eigenvalue weighted by Crippen LogP contribution is 2.74. The Morgan fingerprint density at radius 1 is 1.07 bits per heavy atom. The lowest BCUT2D eigenvalue weighted by atomic mass is 9.34. The average molecular weight is 199 g/mol. The Bertz CT molecular complexity index is 183. The minimum atomic E-state index is -0.128. The summed E-state index contributed by atoms with van der Waals surface area (Å²) in [6.07, 6.45) is 8.80. The van der Waals surface area contributed by atoms with Crippen molar-refractivity contribution in [2.45, 2.75) is 44.9 Å². The van der Waals surface area contributed by atoms with Gasteiger partial charge in [-0.1, -0.05) is 12.8 Å². The summed E-state index contributed by atoms with van der Waals surface area (Å²) in [5, 5.41) is 3.29. The van der Waals surface area contributed by atoms with Gasteiger partial charge in [-0.2, -0.15) is 0 Å².